The molecule has 0 aromatic heterocycles. The van der Waals surface area contributed by atoms with Gasteiger partial charge in [-0.1, -0.05) is 41.9 Å². The summed E-state index contributed by atoms with van der Waals surface area (Å²) >= 11 is 6.14. The molecule has 2 aliphatic rings. The van der Waals surface area contributed by atoms with Gasteiger partial charge in [-0.3, -0.25) is 4.79 Å². The van der Waals surface area contributed by atoms with Crippen LogP contribution >= 0.6 is 11.6 Å². The number of rotatable bonds is 6. The van der Waals surface area contributed by atoms with Crippen molar-refractivity contribution in [2.24, 2.45) is 0 Å². The maximum Gasteiger partial charge on any atom is 0.331 e. The van der Waals surface area contributed by atoms with Gasteiger partial charge in [0.1, 0.15) is 0 Å². The molecule has 7 heteroatoms. The molecule has 1 aliphatic heterocycles. The Morgan fingerprint density at radius 2 is 1.96 bits per heavy atom. The predicted octanol–water partition coefficient (Wildman–Crippen LogP) is 3.65. The van der Waals surface area contributed by atoms with Gasteiger partial charge in [0.25, 0.3) is 5.91 Å². The van der Waals surface area contributed by atoms with E-state index < -0.39 is 12.1 Å². The zero-order chi connectivity index (χ0) is 19.5. The first-order valence-electron chi connectivity index (χ1n) is 8.93. The highest BCUT2D eigenvalue weighted by Crippen LogP contribution is 2.40. The fraction of sp³-hybridized carbons (Fsp3) is 0.238. The summed E-state index contributed by atoms with van der Waals surface area (Å²) in [6.07, 6.45) is 3.71. The lowest BCUT2D eigenvalue weighted by Gasteiger charge is -2.17. The monoisotopic (exact) mass is 399 g/mol. The van der Waals surface area contributed by atoms with E-state index in [0.29, 0.717) is 27.6 Å². The molecule has 1 amide bonds. The van der Waals surface area contributed by atoms with Crippen LogP contribution in [0.3, 0.4) is 0 Å². The molecule has 1 heterocycles. The molecule has 1 N–H and O–H groups in total. The third-order valence-electron chi connectivity index (χ3n) is 4.36. The van der Waals surface area contributed by atoms with E-state index in [1.54, 1.807) is 42.5 Å². The molecular formula is C21H18ClNO5. The van der Waals surface area contributed by atoms with Crippen molar-refractivity contribution >= 4 is 29.6 Å². The Kier molecular flexibility index (Phi) is 5.21. The van der Waals surface area contributed by atoms with Gasteiger partial charge in [0.15, 0.2) is 11.5 Å². The van der Waals surface area contributed by atoms with Gasteiger partial charge in [-0.15, -0.1) is 0 Å². The lowest BCUT2D eigenvalue weighted by molar-refractivity contribution is -0.151. The lowest BCUT2D eigenvalue weighted by atomic mass is 10.1. The summed E-state index contributed by atoms with van der Waals surface area (Å²) in [7, 11) is 0. The van der Waals surface area contributed by atoms with Gasteiger partial charge in [0.05, 0.1) is 5.02 Å². The van der Waals surface area contributed by atoms with Crippen LogP contribution in [0.4, 0.5) is 0 Å². The lowest BCUT2D eigenvalue weighted by Crippen LogP contribution is -2.33. The van der Waals surface area contributed by atoms with E-state index in [1.807, 2.05) is 6.07 Å². The summed E-state index contributed by atoms with van der Waals surface area (Å²) in [6, 6.07) is 12.5. The van der Waals surface area contributed by atoms with Crippen molar-refractivity contribution in [1.82, 2.24) is 5.32 Å². The van der Waals surface area contributed by atoms with Crippen LogP contribution in [0.1, 0.15) is 30.1 Å². The molecule has 0 bridgehead atoms. The number of hydrogen-bond donors (Lipinski definition) is 1. The van der Waals surface area contributed by atoms with Crippen molar-refractivity contribution in [3.05, 3.63) is 64.7 Å². The molecule has 1 aliphatic carbocycles. The van der Waals surface area contributed by atoms with Gasteiger partial charge in [-0.2, -0.15) is 0 Å². The van der Waals surface area contributed by atoms with E-state index in [4.69, 9.17) is 25.8 Å². The van der Waals surface area contributed by atoms with E-state index >= 15 is 0 Å². The van der Waals surface area contributed by atoms with Gasteiger partial charge >= 0.3 is 5.97 Å². The Labute approximate surface area is 167 Å². The maximum absolute atomic E-state index is 12.5. The minimum atomic E-state index is -1.00. The van der Waals surface area contributed by atoms with E-state index in [0.717, 1.165) is 12.8 Å². The first-order valence-corrected chi connectivity index (χ1v) is 9.31. The second kappa shape index (κ2) is 7.94. The Hall–Kier alpha value is -2.99. The number of carbonyl (C=O) groups excluding carboxylic acids is 2. The maximum atomic E-state index is 12.5. The van der Waals surface area contributed by atoms with Crippen molar-refractivity contribution in [3.8, 4) is 11.5 Å². The van der Waals surface area contributed by atoms with Crippen molar-refractivity contribution < 1.29 is 23.8 Å². The van der Waals surface area contributed by atoms with Crippen LogP contribution in [-0.2, 0) is 14.3 Å². The molecule has 0 unspecified atom stereocenters. The number of halogens is 1. The summed E-state index contributed by atoms with van der Waals surface area (Å²) in [5.74, 6) is 0.0592. The SMILES string of the molecule is O=C(/C=C/c1cc(Cl)c2c(c1)OCO2)O[C@@H](C(=O)NC1CC1)c1ccccc1. The van der Waals surface area contributed by atoms with Crippen LogP contribution in [0.5, 0.6) is 11.5 Å². The van der Waals surface area contributed by atoms with E-state index in [2.05, 4.69) is 5.32 Å². The van der Waals surface area contributed by atoms with Gasteiger partial charge in [0, 0.05) is 17.7 Å². The zero-order valence-electron chi connectivity index (χ0n) is 14.9. The van der Waals surface area contributed by atoms with E-state index in [9.17, 15) is 9.59 Å². The standard InChI is InChI=1S/C21H18ClNO5/c22-16-10-13(11-17-20(16)27-12-26-17)6-9-18(24)28-19(14-4-2-1-3-5-14)21(25)23-15-7-8-15/h1-6,9-11,15,19H,7-8,12H2,(H,23,25)/b9-6+/t19-/m1/s1. The normalized spacial score (nSPS) is 16.0. The molecule has 2 aromatic rings. The number of hydrogen-bond acceptors (Lipinski definition) is 5. The van der Waals surface area contributed by atoms with Gasteiger partial charge in [-0.25, -0.2) is 4.79 Å². The highest BCUT2D eigenvalue weighted by atomic mass is 35.5. The Morgan fingerprint density at radius 3 is 2.71 bits per heavy atom. The average Bonchev–Trinajstić information content (AvgIpc) is 3.37. The molecular weight excluding hydrogens is 382 g/mol. The van der Waals surface area contributed by atoms with Crippen LogP contribution in [0.2, 0.25) is 5.02 Å². The summed E-state index contributed by atoms with van der Waals surface area (Å²) in [4.78, 5) is 24.9. The summed E-state index contributed by atoms with van der Waals surface area (Å²) in [5.41, 5.74) is 1.28. The molecule has 1 atom stereocenters. The van der Waals surface area contributed by atoms with Crippen LogP contribution in [0, 0.1) is 0 Å². The molecule has 2 aromatic carbocycles. The van der Waals surface area contributed by atoms with Crippen molar-refractivity contribution in [3.63, 3.8) is 0 Å². The Balaban J connectivity index is 1.47. The number of benzene rings is 2. The number of ether oxygens (including phenoxy) is 3. The Bertz CT molecular complexity index is 924. The number of nitrogens with one attached hydrogen (secondary N) is 1. The van der Waals surface area contributed by atoms with Crippen molar-refractivity contribution in [1.29, 1.82) is 0 Å². The van der Waals surface area contributed by atoms with Gasteiger partial charge < -0.3 is 19.5 Å². The third kappa shape index (κ3) is 4.28. The second-order valence-corrected chi connectivity index (χ2v) is 6.99. The van der Waals surface area contributed by atoms with E-state index in [-0.39, 0.29) is 18.7 Å². The number of carbonyl (C=O) groups is 2. The number of esters is 1. The fourth-order valence-electron chi connectivity index (χ4n) is 2.81. The molecule has 6 nitrogen and oxygen atoms in total. The molecule has 0 saturated heterocycles. The molecule has 4 rings (SSSR count). The van der Waals surface area contributed by atoms with Crippen LogP contribution in [0.15, 0.2) is 48.5 Å². The van der Waals surface area contributed by atoms with Crippen molar-refractivity contribution in [2.75, 3.05) is 6.79 Å². The van der Waals surface area contributed by atoms with E-state index in [1.165, 1.54) is 6.08 Å². The third-order valence-corrected chi connectivity index (χ3v) is 4.64. The number of amides is 1. The zero-order valence-corrected chi connectivity index (χ0v) is 15.6. The smallest absolute Gasteiger partial charge is 0.331 e. The van der Waals surface area contributed by atoms with Crippen LogP contribution < -0.4 is 14.8 Å². The minimum absolute atomic E-state index is 0.110. The first-order chi connectivity index (χ1) is 13.6. The highest BCUT2D eigenvalue weighted by Gasteiger charge is 2.30. The first kappa shape index (κ1) is 18.4. The summed E-state index contributed by atoms with van der Waals surface area (Å²) < 4.78 is 16.0. The second-order valence-electron chi connectivity index (χ2n) is 6.58. The predicted molar refractivity (Wildman–Crippen MR) is 103 cm³/mol. The molecule has 28 heavy (non-hydrogen) atoms. The minimum Gasteiger partial charge on any atom is -0.454 e. The highest BCUT2D eigenvalue weighted by molar-refractivity contribution is 6.32. The average molecular weight is 400 g/mol. The molecule has 1 fully saturated rings. The summed E-state index contributed by atoms with van der Waals surface area (Å²) in [5, 5.41) is 3.28. The number of fused-ring (bicyclic) bond motifs is 1. The molecule has 144 valence electrons. The van der Waals surface area contributed by atoms with Crippen molar-refractivity contribution in [2.45, 2.75) is 25.0 Å². The topological polar surface area (TPSA) is 73.9 Å². The molecule has 0 spiro atoms. The summed E-state index contributed by atoms with van der Waals surface area (Å²) in [6.45, 7) is 0.110. The van der Waals surface area contributed by atoms with Crippen LogP contribution in [-0.4, -0.2) is 24.7 Å². The van der Waals surface area contributed by atoms with Gasteiger partial charge in [0.2, 0.25) is 12.9 Å². The van der Waals surface area contributed by atoms with Gasteiger partial charge in [-0.05, 0) is 36.6 Å². The fourth-order valence-corrected chi connectivity index (χ4v) is 3.08. The molecule has 1 saturated carbocycles. The molecule has 0 radical (unpaired) electrons. The Morgan fingerprint density at radius 1 is 1.18 bits per heavy atom. The quantitative estimate of drug-likeness (QED) is 0.593. The van der Waals surface area contributed by atoms with Crippen LogP contribution in [0.25, 0.3) is 6.08 Å². The largest absolute Gasteiger partial charge is 0.454 e.